The van der Waals surface area contributed by atoms with E-state index in [1.807, 2.05) is 36.4 Å². The molecule has 4 rings (SSSR count). The molecule has 0 unspecified atom stereocenters. The average molecular weight is 372 g/mol. The average Bonchev–Trinajstić information content (AvgIpc) is 3.09. The van der Waals surface area contributed by atoms with Gasteiger partial charge in [-0.3, -0.25) is 4.79 Å². The molecule has 4 aromatic rings. The summed E-state index contributed by atoms with van der Waals surface area (Å²) in [5.41, 5.74) is 2.36. The molecule has 0 radical (unpaired) electrons. The third kappa shape index (κ3) is 3.21. The van der Waals surface area contributed by atoms with Gasteiger partial charge in [-0.05, 0) is 43.3 Å². The number of aromatic carboxylic acids is 1. The lowest BCUT2D eigenvalue weighted by Gasteiger charge is -2.07. The molecule has 2 aromatic carbocycles. The lowest BCUT2D eigenvalue weighted by atomic mass is 10.2. The SMILES string of the molecule is Cc1c(C(=O)Nc2cccc(C(=O)O)c2)cnn1-c1ccc2ccccc2n1. The van der Waals surface area contributed by atoms with E-state index < -0.39 is 5.97 Å². The van der Waals surface area contributed by atoms with Crippen molar-refractivity contribution in [3.8, 4) is 5.82 Å². The van der Waals surface area contributed by atoms with Crippen LogP contribution in [0.1, 0.15) is 26.4 Å². The summed E-state index contributed by atoms with van der Waals surface area (Å²) >= 11 is 0. The maximum Gasteiger partial charge on any atom is 0.335 e. The normalized spacial score (nSPS) is 10.8. The highest BCUT2D eigenvalue weighted by Crippen LogP contribution is 2.18. The van der Waals surface area contributed by atoms with Gasteiger partial charge in [0.1, 0.15) is 0 Å². The second kappa shape index (κ2) is 6.96. The topological polar surface area (TPSA) is 97.1 Å². The van der Waals surface area contributed by atoms with Gasteiger partial charge in [-0.15, -0.1) is 0 Å². The van der Waals surface area contributed by atoms with Gasteiger partial charge in [0.15, 0.2) is 5.82 Å². The van der Waals surface area contributed by atoms with Gasteiger partial charge >= 0.3 is 5.97 Å². The van der Waals surface area contributed by atoms with Crippen molar-refractivity contribution in [2.45, 2.75) is 6.92 Å². The Balaban J connectivity index is 1.63. The number of benzene rings is 2. The molecule has 0 aliphatic carbocycles. The first-order chi connectivity index (χ1) is 13.5. The third-order valence-corrected chi connectivity index (χ3v) is 4.42. The summed E-state index contributed by atoms with van der Waals surface area (Å²) in [5, 5.41) is 17.1. The van der Waals surface area contributed by atoms with E-state index in [0.717, 1.165) is 10.9 Å². The van der Waals surface area contributed by atoms with E-state index in [1.165, 1.54) is 18.3 Å². The van der Waals surface area contributed by atoms with Crippen LogP contribution >= 0.6 is 0 Å². The van der Waals surface area contributed by atoms with Gasteiger partial charge in [0.2, 0.25) is 0 Å². The molecule has 0 saturated heterocycles. The van der Waals surface area contributed by atoms with Crippen LogP contribution in [0.15, 0.2) is 66.9 Å². The highest BCUT2D eigenvalue weighted by molar-refractivity contribution is 6.05. The minimum absolute atomic E-state index is 0.102. The number of para-hydroxylation sites is 1. The van der Waals surface area contributed by atoms with Gasteiger partial charge in [-0.2, -0.15) is 5.10 Å². The summed E-state index contributed by atoms with van der Waals surface area (Å²) in [4.78, 5) is 28.3. The van der Waals surface area contributed by atoms with Crippen LogP contribution in [-0.4, -0.2) is 31.7 Å². The van der Waals surface area contributed by atoms with E-state index in [0.29, 0.717) is 22.8 Å². The Morgan fingerprint density at radius 1 is 1.04 bits per heavy atom. The smallest absolute Gasteiger partial charge is 0.335 e. The number of nitrogens with one attached hydrogen (secondary N) is 1. The number of aromatic nitrogens is 3. The Morgan fingerprint density at radius 2 is 1.86 bits per heavy atom. The van der Waals surface area contributed by atoms with Gasteiger partial charge < -0.3 is 10.4 Å². The quantitative estimate of drug-likeness (QED) is 0.570. The van der Waals surface area contributed by atoms with Crippen LogP contribution < -0.4 is 5.32 Å². The Morgan fingerprint density at radius 3 is 2.68 bits per heavy atom. The molecular formula is C21H16N4O3. The van der Waals surface area contributed by atoms with E-state index in [1.54, 1.807) is 23.7 Å². The number of carbonyl (C=O) groups is 2. The molecule has 2 N–H and O–H groups in total. The molecule has 2 heterocycles. The molecule has 0 atom stereocenters. The molecule has 0 saturated carbocycles. The maximum absolute atomic E-state index is 12.6. The lowest BCUT2D eigenvalue weighted by Crippen LogP contribution is -2.13. The number of fused-ring (bicyclic) bond motifs is 1. The Hall–Kier alpha value is -4.00. The van der Waals surface area contributed by atoms with Crippen molar-refractivity contribution in [1.29, 1.82) is 0 Å². The van der Waals surface area contributed by atoms with E-state index in [9.17, 15) is 9.59 Å². The highest BCUT2D eigenvalue weighted by atomic mass is 16.4. The number of hydrogen-bond acceptors (Lipinski definition) is 4. The van der Waals surface area contributed by atoms with Crippen LogP contribution in [0.25, 0.3) is 16.7 Å². The number of nitrogens with zero attached hydrogens (tertiary/aromatic N) is 3. The minimum atomic E-state index is -1.05. The Kier molecular flexibility index (Phi) is 4.33. The van der Waals surface area contributed by atoms with Crippen molar-refractivity contribution in [3.63, 3.8) is 0 Å². The molecule has 1 amide bonds. The zero-order chi connectivity index (χ0) is 19.7. The molecule has 28 heavy (non-hydrogen) atoms. The zero-order valence-corrected chi connectivity index (χ0v) is 15.0. The monoisotopic (exact) mass is 372 g/mol. The van der Waals surface area contributed by atoms with Gasteiger partial charge in [0.05, 0.1) is 28.5 Å². The summed E-state index contributed by atoms with van der Waals surface area (Å²) in [6, 6.07) is 17.6. The number of pyridine rings is 1. The van der Waals surface area contributed by atoms with E-state index in [-0.39, 0.29) is 11.5 Å². The van der Waals surface area contributed by atoms with Crippen LogP contribution in [0.4, 0.5) is 5.69 Å². The zero-order valence-electron chi connectivity index (χ0n) is 15.0. The van der Waals surface area contributed by atoms with Gasteiger partial charge in [-0.25, -0.2) is 14.5 Å². The van der Waals surface area contributed by atoms with Crippen LogP contribution in [0.3, 0.4) is 0 Å². The second-order valence-corrected chi connectivity index (χ2v) is 6.26. The van der Waals surface area contributed by atoms with Gasteiger partial charge in [0, 0.05) is 11.1 Å². The van der Waals surface area contributed by atoms with E-state index >= 15 is 0 Å². The first-order valence-electron chi connectivity index (χ1n) is 8.58. The van der Waals surface area contributed by atoms with Crippen LogP contribution in [0, 0.1) is 6.92 Å². The van der Waals surface area contributed by atoms with Crippen molar-refractivity contribution < 1.29 is 14.7 Å². The molecule has 0 aliphatic rings. The molecule has 0 bridgehead atoms. The number of anilines is 1. The number of rotatable bonds is 4. The van der Waals surface area contributed by atoms with Crippen LogP contribution in [-0.2, 0) is 0 Å². The summed E-state index contributed by atoms with van der Waals surface area (Å²) in [7, 11) is 0. The fourth-order valence-electron chi connectivity index (χ4n) is 2.97. The minimum Gasteiger partial charge on any atom is -0.478 e. The molecule has 138 valence electrons. The van der Waals surface area contributed by atoms with Crippen molar-refractivity contribution >= 4 is 28.5 Å². The van der Waals surface area contributed by atoms with Crippen LogP contribution in [0.5, 0.6) is 0 Å². The molecule has 2 aromatic heterocycles. The summed E-state index contributed by atoms with van der Waals surface area (Å²) in [6.07, 6.45) is 1.47. The fraction of sp³-hybridized carbons (Fsp3) is 0.0476. The maximum atomic E-state index is 12.6. The lowest BCUT2D eigenvalue weighted by molar-refractivity contribution is 0.0696. The molecule has 0 spiro atoms. The first kappa shape index (κ1) is 17.4. The van der Waals surface area contributed by atoms with Crippen molar-refractivity contribution in [1.82, 2.24) is 14.8 Å². The molecule has 7 nitrogen and oxygen atoms in total. The summed E-state index contributed by atoms with van der Waals surface area (Å²) in [6.45, 7) is 1.78. The third-order valence-electron chi connectivity index (χ3n) is 4.42. The summed E-state index contributed by atoms with van der Waals surface area (Å²) in [5.74, 6) is -0.808. The van der Waals surface area contributed by atoms with Gasteiger partial charge in [-0.1, -0.05) is 24.3 Å². The van der Waals surface area contributed by atoms with Gasteiger partial charge in [0.25, 0.3) is 5.91 Å². The molecule has 0 aliphatic heterocycles. The van der Waals surface area contributed by atoms with Crippen molar-refractivity contribution in [2.24, 2.45) is 0 Å². The second-order valence-electron chi connectivity index (χ2n) is 6.26. The van der Waals surface area contributed by atoms with E-state index in [2.05, 4.69) is 15.4 Å². The number of carbonyl (C=O) groups excluding carboxylic acids is 1. The Bertz CT molecular complexity index is 1210. The first-order valence-corrected chi connectivity index (χ1v) is 8.58. The van der Waals surface area contributed by atoms with Crippen LogP contribution in [0.2, 0.25) is 0 Å². The number of hydrogen-bond donors (Lipinski definition) is 2. The van der Waals surface area contributed by atoms with E-state index in [4.69, 9.17) is 5.11 Å². The predicted molar refractivity (Wildman–Crippen MR) is 105 cm³/mol. The van der Waals surface area contributed by atoms with Crippen molar-refractivity contribution in [2.75, 3.05) is 5.32 Å². The highest BCUT2D eigenvalue weighted by Gasteiger charge is 2.16. The number of carboxylic acid groups (broad SMARTS) is 1. The summed E-state index contributed by atoms with van der Waals surface area (Å²) < 4.78 is 1.61. The fourth-order valence-corrected chi connectivity index (χ4v) is 2.97. The predicted octanol–water partition coefficient (Wildman–Crippen LogP) is 3.68. The molecular weight excluding hydrogens is 356 g/mol. The largest absolute Gasteiger partial charge is 0.478 e. The van der Waals surface area contributed by atoms with Crippen molar-refractivity contribution in [3.05, 3.63) is 83.7 Å². The molecule has 0 fully saturated rings. The Labute approximate surface area is 160 Å². The molecule has 7 heteroatoms. The standard InChI is InChI=1S/C21H16N4O3/c1-13-17(20(26)23-16-7-4-6-15(11-16)21(27)28)12-22-25(13)19-10-9-14-5-2-3-8-18(14)24-19/h2-12H,1H3,(H,23,26)(H,27,28). The number of carboxylic acids is 1. The number of amides is 1.